The van der Waals surface area contributed by atoms with Gasteiger partial charge in [0, 0.05) is 41.1 Å². The van der Waals surface area contributed by atoms with Gasteiger partial charge in [-0.3, -0.25) is 4.79 Å². The first kappa shape index (κ1) is 20.6. The Bertz CT molecular complexity index is 1280. The first-order valence-corrected chi connectivity index (χ1v) is 11.6. The fourth-order valence-electron chi connectivity index (χ4n) is 3.43. The van der Waals surface area contributed by atoms with E-state index in [4.69, 9.17) is 4.42 Å². The summed E-state index contributed by atoms with van der Waals surface area (Å²) in [6.45, 7) is 2.60. The third-order valence-corrected chi connectivity index (χ3v) is 6.85. The summed E-state index contributed by atoms with van der Waals surface area (Å²) in [7, 11) is -2.04. The van der Waals surface area contributed by atoms with E-state index in [1.54, 1.807) is 18.2 Å². The number of likely N-dealkylation sites (tertiary alicyclic amines) is 1. The number of halogens is 1. The number of sulfonamides is 1. The zero-order chi connectivity index (χ0) is 21.5. The number of fused-ring (bicyclic) bond motifs is 1. The predicted molar refractivity (Wildman–Crippen MR) is 120 cm³/mol. The highest BCUT2D eigenvalue weighted by Gasteiger charge is 2.22. The van der Waals surface area contributed by atoms with E-state index in [1.165, 1.54) is 12.1 Å². The Kier molecular flexibility index (Phi) is 5.42. The number of nitrogens with zero attached hydrogens (tertiary/aromatic N) is 2. The molecule has 0 unspecified atom stereocenters. The minimum Gasteiger partial charge on any atom is -0.451 e. The first-order valence-electron chi connectivity index (χ1n) is 9.39. The maximum Gasteiger partial charge on any atom is 0.291 e. The summed E-state index contributed by atoms with van der Waals surface area (Å²) < 4.78 is 36.0. The minimum atomic E-state index is -3.87. The standard InChI is InChI=1S/C21H20BrN3O4S/c1-13-17-11-14(22)8-9-18(17)29-20(13)21(26)23-15-5-3-6-16(12-15)30(27,28)24-19-7-4-10-25(19)2/h3,5-6,8-9,11-12H,4,7,10H2,1-2H3,(H,23,26)/b24-19+. The third kappa shape index (κ3) is 3.99. The Balaban J connectivity index is 1.61. The predicted octanol–water partition coefficient (Wildman–Crippen LogP) is 4.57. The highest BCUT2D eigenvalue weighted by molar-refractivity contribution is 9.10. The average Bonchev–Trinajstić information content (AvgIpc) is 3.25. The van der Waals surface area contributed by atoms with Crippen molar-refractivity contribution in [2.24, 2.45) is 4.40 Å². The molecule has 0 radical (unpaired) electrons. The van der Waals surface area contributed by atoms with Crippen molar-refractivity contribution in [2.45, 2.75) is 24.7 Å². The van der Waals surface area contributed by atoms with Crippen molar-refractivity contribution in [1.82, 2.24) is 4.90 Å². The number of benzene rings is 2. The number of carbonyl (C=O) groups is 1. The number of amidine groups is 1. The van der Waals surface area contributed by atoms with Crippen LogP contribution in [0.3, 0.4) is 0 Å². The second-order valence-electron chi connectivity index (χ2n) is 7.19. The van der Waals surface area contributed by atoms with Crippen LogP contribution in [0.15, 0.2) is 60.6 Å². The molecule has 0 atom stereocenters. The topological polar surface area (TPSA) is 92.0 Å². The molecule has 1 aromatic heterocycles. The van der Waals surface area contributed by atoms with Crippen LogP contribution in [0.1, 0.15) is 29.0 Å². The van der Waals surface area contributed by atoms with Gasteiger partial charge in [0.25, 0.3) is 15.9 Å². The van der Waals surface area contributed by atoms with Crippen molar-refractivity contribution in [1.29, 1.82) is 0 Å². The molecule has 0 bridgehead atoms. The van der Waals surface area contributed by atoms with Crippen LogP contribution in [0, 0.1) is 6.92 Å². The van der Waals surface area contributed by atoms with Crippen LogP contribution in [-0.2, 0) is 10.0 Å². The van der Waals surface area contributed by atoms with E-state index in [1.807, 2.05) is 31.0 Å². The first-order chi connectivity index (χ1) is 14.2. The molecule has 1 saturated heterocycles. The number of hydrogen-bond donors (Lipinski definition) is 1. The summed E-state index contributed by atoms with van der Waals surface area (Å²) in [5, 5.41) is 3.56. The maximum absolute atomic E-state index is 12.8. The van der Waals surface area contributed by atoms with Crippen LogP contribution in [0.4, 0.5) is 5.69 Å². The number of hydrogen-bond acceptors (Lipinski definition) is 4. The Morgan fingerprint density at radius 1 is 1.23 bits per heavy atom. The number of nitrogens with one attached hydrogen (secondary N) is 1. The van der Waals surface area contributed by atoms with E-state index in [-0.39, 0.29) is 10.7 Å². The van der Waals surface area contributed by atoms with Gasteiger partial charge in [-0.2, -0.15) is 8.42 Å². The lowest BCUT2D eigenvalue weighted by atomic mass is 10.1. The van der Waals surface area contributed by atoms with Gasteiger partial charge in [-0.25, -0.2) is 0 Å². The quantitative estimate of drug-likeness (QED) is 0.579. The fourth-order valence-corrected chi connectivity index (χ4v) is 4.93. The van der Waals surface area contributed by atoms with E-state index >= 15 is 0 Å². The Morgan fingerprint density at radius 2 is 2.03 bits per heavy atom. The molecule has 9 heteroatoms. The number of carbonyl (C=O) groups excluding carboxylic acids is 1. The van der Waals surface area contributed by atoms with Gasteiger partial charge >= 0.3 is 0 Å². The van der Waals surface area contributed by atoms with Gasteiger partial charge in [-0.15, -0.1) is 4.40 Å². The van der Waals surface area contributed by atoms with Crippen molar-refractivity contribution in [2.75, 3.05) is 18.9 Å². The van der Waals surface area contributed by atoms with Crippen LogP contribution in [-0.4, -0.2) is 38.7 Å². The lowest BCUT2D eigenvalue weighted by Crippen LogP contribution is -2.20. The summed E-state index contributed by atoms with van der Waals surface area (Å²) in [5.41, 5.74) is 1.67. The van der Waals surface area contributed by atoms with E-state index in [0.29, 0.717) is 29.1 Å². The summed E-state index contributed by atoms with van der Waals surface area (Å²) in [5.74, 6) is 0.286. The van der Waals surface area contributed by atoms with E-state index < -0.39 is 15.9 Å². The second kappa shape index (κ2) is 7.88. The SMILES string of the molecule is Cc1c(C(=O)Nc2cccc(S(=O)(=O)/N=C3\CCCN3C)c2)oc2ccc(Br)cc12. The Hall–Kier alpha value is -2.65. The molecule has 0 saturated carbocycles. The van der Waals surface area contributed by atoms with Crippen LogP contribution < -0.4 is 5.32 Å². The van der Waals surface area contributed by atoms with Gasteiger partial charge in [0.2, 0.25) is 0 Å². The average molecular weight is 490 g/mol. The number of anilines is 1. The molecule has 0 spiro atoms. The molecule has 0 aliphatic carbocycles. The summed E-state index contributed by atoms with van der Waals surface area (Å²) in [6.07, 6.45) is 1.52. The number of furan rings is 1. The third-order valence-electron chi connectivity index (χ3n) is 5.05. The molecule has 156 valence electrons. The van der Waals surface area contributed by atoms with Gasteiger partial charge in [-0.05, 0) is 49.7 Å². The summed E-state index contributed by atoms with van der Waals surface area (Å²) in [6, 6.07) is 11.6. The van der Waals surface area contributed by atoms with Crippen molar-refractivity contribution < 1.29 is 17.6 Å². The molecule has 1 aliphatic heterocycles. The highest BCUT2D eigenvalue weighted by atomic mass is 79.9. The summed E-state index contributed by atoms with van der Waals surface area (Å²) >= 11 is 3.42. The molecule has 2 aromatic carbocycles. The monoisotopic (exact) mass is 489 g/mol. The van der Waals surface area contributed by atoms with Crippen molar-refractivity contribution in [3.63, 3.8) is 0 Å². The van der Waals surface area contributed by atoms with Gasteiger partial charge in [0.05, 0.1) is 4.90 Å². The molecule has 1 aliphatic rings. The molecule has 1 amide bonds. The fraction of sp³-hybridized carbons (Fsp3) is 0.238. The normalized spacial score (nSPS) is 15.8. The van der Waals surface area contributed by atoms with E-state index in [9.17, 15) is 13.2 Å². The number of amides is 1. The smallest absolute Gasteiger partial charge is 0.291 e. The van der Waals surface area contributed by atoms with Crippen LogP contribution >= 0.6 is 15.9 Å². The second-order valence-corrected chi connectivity index (χ2v) is 9.71. The van der Waals surface area contributed by atoms with Crippen LogP contribution in [0.25, 0.3) is 11.0 Å². The molecule has 30 heavy (non-hydrogen) atoms. The van der Waals surface area contributed by atoms with Crippen molar-refractivity contribution >= 4 is 54.4 Å². The molecule has 7 nitrogen and oxygen atoms in total. The van der Waals surface area contributed by atoms with Gasteiger partial charge < -0.3 is 14.6 Å². The molecular weight excluding hydrogens is 470 g/mol. The number of aryl methyl sites for hydroxylation is 1. The minimum absolute atomic E-state index is 0.0263. The molecule has 3 aromatic rings. The van der Waals surface area contributed by atoms with E-state index in [0.717, 1.165) is 22.8 Å². The Labute approximate surface area is 183 Å². The van der Waals surface area contributed by atoms with Crippen molar-refractivity contribution in [3.05, 3.63) is 58.3 Å². The lowest BCUT2D eigenvalue weighted by Gasteiger charge is -2.11. The van der Waals surface area contributed by atoms with Gasteiger partial charge in [0.1, 0.15) is 11.4 Å². The number of rotatable bonds is 4. The highest BCUT2D eigenvalue weighted by Crippen LogP contribution is 2.29. The lowest BCUT2D eigenvalue weighted by molar-refractivity contribution is 0.0998. The van der Waals surface area contributed by atoms with Crippen LogP contribution in [0.2, 0.25) is 0 Å². The molecular formula is C21H20BrN3O4S. The summed E-state index contributed by atoms with van der Waals surface area (Å²) in [4.78, 5) is 14.6. The molecule has 4 rings (SSSR count). The van der Waals surface area contributed by atoms with Crippen LogP contribution in [0.5, 0.6) is 0 Å². The maximum atomic E-state index is 12.8. The van der Waals surface area contributed by atoms with Gasteiger partial charge in [-0.1, -0.05) is 22.0 Å². The molecule has 1 N–H and O–H groups in total. The zero-order valence-electron chi connectivity index (χ0n) is 16.5. The largest absolute Gasteiger partial charge is 0.451 e. The Morgan fingerprint density at radius 3 is 2.77 bits per heavy atom. The van der Waals surface area contributed by atoms with E-state index in [2.05, 4.69) is 25.6 Å². The zero-order valence-corrected chi connectivity index (χ0v) is 18.9. The molecule has 1 fully saturated rings. The van der Waals surface area contributed by atoms with Crippen molar-refractivity contribution in [3.8, 4) is 0 Å². The molecule has 2 heterocycles. The van der Waals surface area contributed by atoms with Gasteiger partial charge in [0.15, 0.2) is 5.76 Å².